The van der Waals surface area contributed by atoms with Crippen molar-refractivity contribution in [2.45, 2.75) is 12.3 Å². The third-order valence-electron chi connectivity index (χ3n) is 4.62. The number of urea groups is 1. The maximum Gasteiger partial charge on any atom is 0.321 e. The fourth-order valence-corrected chi connectivity index (χ4v) is 3.32. The maximum atomic E-state index is 12.7. The van der Waals surface area contributed by atoms with Crippen molar-refractivity contribution >= 4 is 34.9 Å². The lowest BCUT2D eigenvalue weighted by Gasteiger charge is -2.24. The number of para-hydroxylation sites is 1. The molecule has 0 spiro atoms. The van der Waals surface area contributed by atoms with E-state index in [-0.39, 0.29) is 24.3 Å². The fraction of sp³-hybridized carbons (Fsp3) is 0.211. The van der Waals surface area contributed by atoms with Gasteiger partial charge in [0.2, 0.25) is 11.8 Å². The number of nitrogens with one attached hydrogen (secondary N) is 3. The molecule has 0 bridgehead atoms. The summed E-state index contributed by atoms with van der Waals surface area (Å²) < 4.78 is 0. The minimum absolute atomic E-state index is 0.119. The van der Waals surface area contributed by atoms with Gasteiger partial charge in [-0.15, -0.1) is 0 Å². The highest BCUT2D eigenvalue weighted by atomic mass is 16.2. The zero-order chi connectivity index (χ0) is 18.1. The Labute approximate surface area is 150 Å². The molecule has 7 heteroatoms. The first-order valence-electron chi connectivity index (χ1n) is 8.47. The number of benzene rings is 2. The zero-order valence-electron chi connectivity index (χ0n) is 14.0. The number of fused-ring (bicyclic) bond motifs is 1. The third-order valence-corrected chi connectivity index (χ3v) is 4.62. The average Bonchev–Trinajstić information content (AvgIpc) is 3.07. The molecule has 0 aliphatic carbocycles. The van der Waals surface area contributed by atoms with Gasteiger partial charge in [-0.1, -0.05) is 18.2 Å². The number of rotatable bonds is 3. The van der Waals surface area contributed by atoms with Crippen LogP contribution in [0.15, 0.2) is 48.5 Å². The Morgan fingerprint density at radius 2 is 1.85 bits per heavy atom. The van der Waals surface area contributed by atoms with Gasteiger partial charge < -0.3 is 16.0 Å². The quantitative estimate of drug-likeness (QED) is 0.793. The first-order chi connectivity index (χ1) is 12.6. The molecule has 7 nitrogen and oxygen atoms in total. The molecule has 1 unspecified atom stereocenters. The van der Waals surface area contributed by atoms with Crippen molar-refractivity contribution in [3.8, 4) is 0 Å². The topological polar surface area (TPSA) is 90.5 Å². The Morgan fingerprint density at radius 3 is 2.58 bits per heavy atom. The van der Waals surface area contributed by atoms with Gasteiger partial charge in [0.05, 0.1) is 5.92 Å². The first-order valence-corrected chi connectivity index (χ1v) is 8.47. The molecule has 1 fully saturated rings. The molecule has 0 radical (unpaired) electrons. The number of hydrogen-bond acceptors (Lipinski definition) is 3. The van der Waals surface area contributed by atoms with Crippen molar-refractivity contribution in [1.82, 2.24) is 5.32 Å². The lowest BCUT2D eigenvalue weighted by Crippen LogP contribution is -2.30. The van der Waals surface area contributed by atoms with Crippen molar-refractivity contribution in [3.63, 3.8) is 0 Å². The van der Waals surface area contributed by atoms with E-state index in [0.717, 1.165) is 11.3 Å². The van der Waals surface area contributed by atoms with Crippen LogP contribution in [-0.4, -0.2) is 30.9 Å². The van der Waals surface area contributed by atoms with Crippen LogP contribution >= 0.6 is 0 Å². The second kappa shape index (κ2) is 6.51. The molecule has 2 aromatic rings. The van der Waals surface area contributed by atoms with Gasteiger partial charge >= 0.3 is 6.03 Å². The predicted octanol–water partition coefficient (Wildman–Crippen LogP) is 2.28. The summed E-state index contributed by atoms with van der Waals surface area (Å²) >= 11 is 0. The van der Waals surface area contributed by atoms with Gasteiger partial charge in [-0.3, -0.25) is 14.5 Å². The Morgan fingerprint density at radius 1 is 1.08 bits per heavy atom. The van der Waals surface area contributed by atoms with Crippen molar-refractivity contribution in [1.29, 1.82) is 0 Å². The van der Waals surface area contributed by atoms with Crippen LogP contribution in [0.1, 0.15) is 17.9 Å². The Bertz CT molecular complexity index is 879. The van der Waals surface area contributed by atoms with Crippen LogP contribution in [0.5, 0.6) is 0 Å². The second-order valence-corrected chi connectivity index (χ2v) is 6.31. The molecule has 4 rings (SSSR count). The first kappa shape index (κ1) is 16.1. The molecule has 0 aromatic heterocycles. The molecule has 2 aliphatic heterocycles. The van der Waals surface area contributed by atoms with Crippen LogP contribution in [0.2, 0.25) is 0 Å². The summed E-state index contributed by atoms with van der Waals surface area (Å²) in [4.78, 5) is 37.9. The SMILES string of the molecule is O=C1CC(C(=O)Nc2ccc(N3CCNC3=O)cc2)c2ccccc2N1. The highest BCUT2D eigenvalue weighted by Gasteiger charge is 2.30. The Balaban J connectivity index is 1.50. The van der Waals surface area contributed by atoms with Crippen molar-refractivity contribution in [2.75, 3.05) is 28.6 Å². The van der Waals surface area contributed by atoms with Crippen molar-refractivity contribution < 1.29 is 14.4 Å². The molecule has 1 atom stereocenters. The number of carbonyl (C=O) groups is 3. The van der Waals surface area contributed by atoms with Gasteiger partial charge in [0.25, 0.3) is 0 Å². The summed E-state index contributed by atoms with van der Waals surface area (Å²) in [6.45, 7) is 1.25. The third kappa shape index (κ3) is 2.99. The normalized spacial score (nSPS) is 18.8. The zero-order valence-corrected chi connectivity index (χ0v) is 14.0. The predicted molar refractivity (Wildman–Crippen MR) is 98.2 cm³/mol. The molecular weight excluding hydrogens is 332 g/mol. The summed E-state index contributed by atoms with van der Waals surface area (Å²) in [6.07, 6.45) is 0.120. The molecule has 2 aliphatic rings. The number of hydrogen-bond donors (Lipinski definition) is 3. The van der Waals surface area contributed by atoms with E-state index in [1.54, 1.807) is 35.2 Å². The van der Waals surface area contributed by atoms with Crippen LogP contribution in [-0.2, 0) is 9.59 Å². The molecule has 1 saturated heterocycles. The fourth-order valence-electron chi connectivity index (χ4n) is 3.32. The smallest absolute Gasteiger partial charge is 0.321 e. The Hall–Kier alpha value is -3.35. The number of carbonyl (C=O) groups excluding carboxylic acids is 3. The molecule has 26 heavy (non-hydrogen) atoms. The van der Waals surface area contributed by atoms with Gasteiger partial charge in [-0.05, 0) is 35.9 Å². The van der Waals surface area contributed by atoms with E-state index in [2.05, 4.69) is 16.0 Å². The number of amides is 4. The van der Waals surface area contributed by atoms with Gasteiger partial charge in [0, 0.05) is 36.6 Å². The van der Waals surface area contributed by atoms with E-state index in [0.29, 0.717) is 24.5 Å². The molecule has 2 aromatic carbocycles. The highest BCUT2D eigenvalue weighted by molar-refractivity contribution is 6.05. The summed E-state index contributed by atoms with van der Waals surface area (Å²) in [5.41, 5.74) is 2.90. The van der Waals surface area contributed by atoms with E-state index in [4.69, 9.17) is 0 Å². The monoisotopic (exact) mass is 350 g/mol. The molecule has 4 amide bonds. The number of anilines is 3. The highest BCUT2D eigenvalue weighted by Crippen LogP contribution is 2.33. The summed E-state index contributed by atoms with van der Waals surface area (Å²) in [5, 5.41) is 8.40. The standard InChI is InChI=1S/C19H18N4O3/c24-17-11-15(14-3-1-2-4-16(14)22-17)18(25)21-12-5-7-13(8-6-12)23-10-9-20-19(23)26/h1-8,15H,9-11H2,(H,20,26)(H,21,25)(H,22,24). The minimum Gasteiger partial charge on any atom is -0.336 e. The average molecular weight is 350 g/mol. The molecule has 3 N–H and O–H groups in total. The van der Waals surface area contributed by atoms with Crippen LogP contribution in [0.25, 0.3) is 0 Å². The second-order valence-electron chi connectivity index (χ2n) is 6.31. The molecular formula is C19H18N4O3. The Kier molecular flexibility index (Phi) is 4.04. The maximum absolute atomic E-state index is 12.7. The van der Waals surface area contributed by atoms with Gasteiger partial charge in [-0.2, -0.15) is 0 Å². The van der Waals surface area contributed by atoms with E-state index in [1.165, 1.54) is 0 Å². The lowest BCUT2D eigenvalue weighted by molar-refractivity contribution is -0.123. The van der Waals surface area contributed by atoms with Crippen LogP contribution in [0, 0.1) is 0 Å². The molecule has 0 saturated carbocycles. The van der Waals surface area contributed by atoms with E-state index >= 15 is 0 Å². The summed E-state index contributed by atoms with van der Waals surface area (Å²) in [7, 11) is 0. The van der Waals surface area contributed by atoms with E-state index < -0.39 is 5.92 Å². The molecule has 2 heterocycles. The van der Waals surface area contributed by atoms with Gasteiger partial charge in [0.1, 0.15) is 0 Å². The summed E-state index contributed by atoms with van der Waals surface area (Å²) in [6, 6.07) is 14.3. The van der Waals surface area contributed by atoms with Gasteiger partial charge in [0.15, 0.2) is 0 Å². The number of nitrogens with zero attached hydrogens (tertiary/aromatic N) is 1. The van der Waals surface area contributed by atoms with Gasteiger partial charge in [-0.25, -0.2) is 4.79 Å². The minimum atomic E-state index is -0.524. The van der Waals surface area contributed by atoms with E-state index in [9.17, 15) is 14.4 Å². The van der Waals surface area contributed by atoms with Crippen LogP contribution < -0.4 is 20.9 Å². The largest absolute Gasteiger partial charge is 0.336 e. The van der Waals surface area contributed by atoms with E-state index in [1.807, 2.05) is 18.2 Å². The van der Waals surface area contributed by atoms with Crippen molar-refractivity contribution in [2.24, 2.45) is 0 Å². The van der Waals surface area contributed by atoms with Crippen molar-refractivity contribution in [3.05, 3.63) is 54.1 Å². The lowest BCUT2D eigenvalue weighted by atomic mass is 9.90. The molecule has 132 valence electrons. The van der Waals surface area contributed by atoms with Crippen LogP contribution in [0.4, 0.5) is 21.9 Å². The summed E-state index contributed by atoms with van der Waals surface area (Å²) in [5.74, 6) is -0.915. The van der Waals surface area contributed by atoms with Crippen LogP contribution in [0.3, 0.4) is 0 Å².